The maximum atomic E-state index is 13.3. The number of aromatic nitrogens is 1. The van der Waals surface area contributed by atoms with Gasteiger partial charge >= 0.3 is 13.1 Å². The Hall–Kier alpha value is -3.08. The smallest absolute Gasteiger partial charge is 0.453 e. The van der Waals surface area contributed by atoms with Crippen LogP contribution in [0.15, 0.2) is 66.9 Å². The Bertz CT molecular complexity index is 1340. The van der Waals surface area contributed by atoms with Crippen molar-refractivity contribution < 1.29 is 23.6 Å². The molecule has 0 bridgehead atoms. The van der Waals surface area contributed by atoms with Gasteiger partial charge in [0.15, 0.2) is 0 Å². The van der Waals surface area contributed by atoms with Gasteiger partial charge in [0.25, 0.3) is 0 Å². The topological polar surface area (TPSA) is 82.2 Å². The minimum atomic E-state index is -0.574. The van der Waals surface area contributed by atoms with Crippen molar-refractivity contribution in [3.8, 4) is 11.1 Å². The fourth-order valence-corrected chi connectivity index (χ4v) is 5.26. The molecule has 2 fully saturated rings. The minimum Gasteiger partial charge on any atom is -0.453 e. The lowest BCUT2D eigenvalue weighted by atomic mass is 9.76. The number of carbonyl (C=O) groups is 1. The lowest BCUT2D eigenvalue weighted by Gasteiger charge is -2.32. The molecule has 0 spiro atoms. The molecule has 1 aromatic heterocycles. The summed E-state index contributed by atoms with van der Waals surface area (Å²) < 4.78 is 24.4. The number of esters is 1. The Labute approximate surface area is 249 Å². The van der Waals surface area contributed by atoms with Crippen LogP contribution in [0.2, 0.25) is 0 Å². The van der Waals surface area contributed by atoms with E-state index in [1.54, 1.807) is 7.11 Å². The van der Waals surface area contributed by atoms with Crippen molar-refractivity contribution in [1.29, 1.82) is 0 Å². The van der Waals surface area contributed by atoms with Crippen LogP contribution >= 0.6 is 0 Å². The summed E-state index contributed by atoms with van der Waals surface area (Å²) in [5.74, 6) is -0.342. The third-order valence-electron chi connectivity index (χ3n) is 8.70. The standard InChI is InChI=1S/C33H42BN3O5/c1-23(39-6)30-28(34-41-32(2,3)33(4,5)42-34)20-27(21-36-30)24-12-14-26(15-13-24)31(38)40-29(25-10-8-7-9-11-25)22-37-18-16-35-17-19-37/h7-15,20-21,23,29,35H,16-19,22H2,1-6H3. The fourth-order valence-electron chi connectivity index (χ4n) is 5.26. The second-order valence-corrected chi connectivity index (χ2v) is 12.1. The molecule has 3 heterocycles. The van der Waals surface area contributed by atoms with Crippen LogP contribution in [-0.4, -0.2) is 74.0 Å². The molecule has 0 radical (unpaired) electrons. The first-order chi connectivity index (χ1) is 20.1. The van der Waals surface area contributed by atoms with E-state index >= 15 is 0 Å². The zero-order chi connectivity index (χ0) is 29.9. The molecule has 3 aromatic rings. The predicted molar refractivity (Wildman–Crippen MR) is 165 cm³/mol. The molecular formula is C33H42BN3O5. The Kier molecular flexibility index (Phi) is 9.15. The van der Waals surface area contributed by atoms with Crippen molar-refractivity contribution in [3.05, 3.63) is 83.7 Å². The van der Waals surface area contributed by atoms with Crippen LogP contribution in [0.1, 0.15) is 68.4 Å². The molecule has 0 saturated carbocycles. The number of piperazine rings is 1. The molecule has 2 saturated heterocycles. The van der Waals surface area contributed by atoms with Gasteiger partial charge in [-0.25, -0.2) is 4.79 Å². The van der Waals surface area contributed by atoms with Gasteiger partial charge in [-0.2, -0.15) is 0 Å². The van der Waals surface area contributed by atoms with Crippen molar-refractivity contribution in [2.24, 2.45) is 0 Å². The van der Waals surface area contributed by atoms with Crippen molar-refractivity contribution in [3.63, 3.8) is 0 Å². The molecule has 0 aliphatic carbocycles. The average molecular weight is 572 g/mol. The van der Waals surface area contributed by atoms with Gasteiger partial charge in [0.2, 0.25) is 0 Å². The molecule has 0 amide bonds. The number of methoxy groups -OCH3 is 1. The Morgan fingerprint density at radius 1 is 1.00 bits per heavy atom. The SMILES string of the molecule is COC(C)c1ncc(-c2ccc(C(=O)OC(CN3CCNCC3)c3ccccc3)cc2)cc1B1OC(C)(C)C(C)(C)O1. The van der Waals surface area contributed by atoms with E-state index in [9.17, 15) is 4.79 Å². The molecule has 8 nitrogen and oxygen atoms in total. The van der Waals surface area contributed by atoms with E-state index in [-0.39, 0.29) is 18.2 Å². The van der Waals surface area contributed by atoms with E-state index in [0.717, 1.165) is 54.0 Å². The lowest BCUT2D eigenvalue weighted by Crippen LogP contribution is -2.45. The van der Waals surface area contributed by atoms with Crippen molar-refractivity contribution in [2.45, 2.75) is 58.0 Å². The Morgan fingerprint density at radius 2 is 1.64 bits per heavy atom. The molecular weight excluding hydrogens is 529 g/mol. The second-order valence-electron chi connectivity index (χ2n) is 12.1. The zero-order valence-corrected chi connectivity index (χ0v) is 25.6. The Morgan fingerprint density at radius 3 is 2.26 bits per heavy atom. The average Bonchev–Trinajstić information content (AvgIpc) is 3.23. The number of pyridine rings is 1. The molecule has 2 atom stereocenters. The number of nitrogens with one attached hydrogen (secondary N) is 1. The molecule has 222 valence electrons. The molecule has 2 aliphatic heterocycles. The van der Waals surface area contributed by atoms with Gasteiger partial charge in [-0.1, -0.05) is 48.5 Å². The van der Waals surface area contributed by atoms with E-state index in [4.69, 9.17) is 23.8 Å². The molecule has 9 heteroatoms. The number of ether oxygens (including phenoxy) is 2. The first-order valence-corrected chi connectivity index (χ1v) is 14.8. The van der Waals surface area contributed by atoms with Gasteiger partial charge in [0.1, 0.15) is 6.10 Å². The van der Waals surface area contributed by atoms with Crippen molar-refractivity contribution >= 4 is 18.6 Å². The number of benzene rings is 2. The highest BCUT2D eigenvalue weighted by Gasteiger charge is 2.52. The maximum absolute atomic E-state index is 13.3. The highest BCUT2D eigenvalue weighted by Crippen LogP contribution is 2.37. The van der Waals surface area contributed by atoms with E-state index in [0.29, 0.717) is 12.1 Å². The van der Waals surface area contributed by atoms with Gasteiger partial charge < -0.3 is 24.1 Å². The van der Waals surface area contributed by atoms with E-state index in [2.05, 4.69) is 10.2 Å². The van der Waals surface area contributed by atoms with Crippen LogP contribution in [0.3, 0.4) is 0 Å². The summed E-state index contributed by atoms with van der Waals surface area (Å²) in [5, 5.41) is 3.38. The van der Waals surface area contributed by atoms with Crippen molar-refractivity contribution in [1.82, 2.24) is 15.2 Å². The van der Waals surface area contributed by atoms with Crippen LogP contribution in [-0.2, 0) is 18.8 Å². The minimum absolute atomic E-state index is 0.232. The predicted octanol–water partition coefficient (Wildman–Crippen LogP) is 4.56. The van der Waals surface area contributed by atoms with Crippen LogP contribution in [0.4, 0.5) is 0 Å². The van der Waals surface area contributed by atoms with E-state index in [1.165, 1.54) is 0 Å². The zero-order valence-electron chi connectivity index (χ0n) is 25.6. The van der Waals surface area contributed by atoms with Gasteiger partial charge in [0, 0.05) is 51.5 Å². The Balaban J connectivity index is 1.36. The third kappa shape index (κ3) is 6.61. The van der Waals surface area contributed by atoms with E-state index < -0.39 is 18.3 Å². The first-order valence-electron chi connectivity index (χ1n) is 14.8. The molecule has 2 aromatic carbocycles. The summed E-state index contributed by atoms with van der Waals surface area (Å²) >= 11 is 0. The van der Waals surface area contributed by atoms with Crippen LogP contribution in [0.25, 0.3) is 11.1 Å². The summed E-state index contributed by atoms with van der Waals surface area (Å²) in [5.41, 5.74) is 3.97. The summed E-state index contributed by atoms with van der Waals surface area (Å²) in [4.78, 5) is 20.4. The monoisotopic (exact) mass is 571 g/mol. The van der Waals surface area contributed by atoms with Gasteiger partial charge in [-0.15, -0.1) is 0 Å². The number of nitrogens with zero attached hydrogens (tertiary/aromatic N) is 2. The van der Waals surface area contributed by atoms with Crippen molar-refractivity contribution in [2.75, 3.05) is 39.8 Å². The van der Waals surface area contributed by atoms with E-state index in [1.807, 2.05) is 101 Å². The van der Waals surface area contributed by atoms with Gasteiger partial charge in [0.05, 0.1) is 28.6 Å². The van der Waals surface area contributed by atoms with Crippen LogP contribution < -0.4 is 10.8 Å². The quantitative estimate of drug-likeness (QED) is 0.296. The highest BCUT2D eigenvalue weighted by atomic mass is 16.7. The molecule has 2 unspecified atom stereocenters. The first kappa shape index (κ1) is 30.4. The van der Waals surface area contributed by atoms with Crippen LogP contribution in [0, 0.1) is 0 Å². The highest BCUT2D eigenvalue weighted by molar-refractivity contribution is 6.62. The van der Waals surface area contributed by atoms with Gasteiger partial charge in [-0.3, -0.25) is 9.88 Å². The third-order valence-corrected chi connectivity index (χ3v) is 8.70. The maximum Gasteiger partial charge on any atom is 0.496 e. The van der Waals surface area contributed by atoms with Gasteiger partial charge in [-0.05, 0) is 63.4 Å². The lowest BCUT2D eigenvalue weighted by molar-refractivity contribution is 0.00578. The molecule has 1 N–H and O–H groups in total. The molecule has 5 rings (SSSR count). The summed E-state index contributed by atoms with van der Waals surface area (Å²) in [6, 6.07) is 19.5. The molecule has 42 heavy (non-hydrogen) atoms. The molecule has 2 aliphatic rings. The number of hydrogen-bond acceptors (Lipinski definition) is 8. The number of hydrogen-bond donors (Lipinski definition) is 1. The summed E-state index contributed by atoms with van der Waals surface area (Å²) in [6.07, 6.45) is 1.24. The summed E-state index contributed by atoms with van der Waals surface area (Å²) in [6.45, 7) is 14.5. The largest absolute Gasteiger partial charge is 0.496 e. The normalized spacial score (nSPS) is 19.8. The number of rotatable bonds is 9. The fraction of sp³-hybridized carbons (Fsp3) is 0.455. The summed E-state index contributed by atoms with van der Waals surface area (Å²) in [7, 11) is 1.09. The second kappa shape index (κ2) is 12.7. The number of carbonyl (C=O) groups excluding carboxylic acids is 1. The van der Waals surface area contributed by atoms with Crippen LogP contribution in [0.5, 0.6) is 0 Å².